The number of ether oxygens (including phenoxy) is 1. The van der Waals surface area contributed by atoms with E-state index in [9.17, 15) is 67.1 Å². The van der Waals surface area contributed by atoms with Crippen LogP contribution in [0.3, 0.4) is 0 Å². The zero-order valence-electron chi connectivity index (χ0n) is 54.2. The third-order valence-electron chi connectivity index (χ3n) is 16.4. The molecule has 8 aliphatic rings. The average Bonchev–Trinajstić information content (AvgIpc) is 1.66. The largest absolute Gasteiger partial charge is 0.643 e. The molecular formula is C67H69AlBrCl3N10O16S2. The molecule has 4 fully saturated rings. The molecule has 8 aliphatic heterocycles. The molecule has 4 unspecified atom stereocenters. The number of nitrogens with two attached hydrogens (primary N) is 2. The van der Waals surface area contributed by atoms with Crippen LogP contribution >= 0.6 is 69.6 Å². The molecule has 0 bridgehead atoms. The lowest BCUT2D eigenvalue weighted by Crippen LogP contribution is -2.52. The topological polar surface area (TPSA) is 382 Å². The number of carbonyl (C=O) groups excluding carboxylic acids is 13. The number of nitrogen functional groups attached to an aromatic ring is 2. The lowest BCUT2D eigenvalue weighted by atomic mass is 10.0. The minimum Gasteiger partial charge on any atom is -0.481 e. The van der Waals surface area contributed by atoms with Gasteiger partial charge < -0.3 is 40.9 Å². The number of rotatable bonds is 11. The van der Waals surface area contributed by atoms with Crippen molar-refractivity contribution in [3.63, 3.8) is 0 Å². The number of aliphatic carboxylic acids is 1. The Morgan fingerprint density at radius 1 is 0.500 bits per heavy atom. The van der Waals surface area contributed by atoms with Gasteiger partial charge in [0.15, 0.2) is 0 Å². The van der Waals surface area contributed by atoms with Crippen molar-refractivity contribution in [2.24, 2.45) is 0 Å². The van der Waals surface area contributed by atoms with Crippen molar-refractivity contribution >= 4 is 175 Å². The molecule has 0 saturated carbocycles. The van der Waals surface area contributed by atoms with Crippen LogP contribution in [0.25, 0.3) is 0 Å². The summed E-state index contributed by atoms with van der Waals surface area (Å²) < 4.78 is 4.90. The van der Waals surface area contributed by atoms with Gasteiger partial charge in [0.25, 0.3) is 23.6 Å². The predicted octanol–water partition coefficient (Wildman–Crippen LogP) is 6.83. The van der Waals surface area contributed by atoms with Crippen molar-refractivity contribution in [1.29, 1.82) is 0 Å². The van der Waals surface area contributed by atoms with Crippen LogP contribution in [0.5, 0.6) is 0 Å². The standard InChI is InChI=1S/C20H18N2O3S.C15H14N2O5S.2C13H13N3O3.C6H11BrO2.Al.3ClH/c23-18-10-9-16(19(24)21-18)22-11-15-14(20(22)25)7-4-8-17(15)26-12-13-5-2-1-3-6-13;18-12-5-4-10(14(21)16-12)17-6-9-8(15(17)22)2-1-3-11(9)23-7-13(19)20;2*14-9-3-1-2-7-8(9)6-16(13(7)19)10-4-5-11(17)15-12(10)18;1-6(2,3)9-5(8)4-7;;;;/h1-8,16H,9-12H2,(H,21,23,24);1-3,10H,4-7H2,(H,19,20)(H,16,18,21);2*1-3,10H,4-6,14H2,(H,15,17,18);4H2,1-3H3;;3*1H/q;;;;;+3;;;/p-3. The number of piperidine rings is 4. The quantitative estimate of drug-likeness (QED) is 0.0178. The van der Waals surface area contributed by atoms with E-state index in [4.69, 9.17) is 51.5 Å². The second-order valence-corrected chi connectivity index (χ2v) is 33.4. The average molecular weight is 1550 g/mol. The maximum absolute atomic E-state index is 12.8. The third kappa shape index (κ3) is 19.8. The van der Waals surface area contributed by atoms with Crippen LogP contribution in [0.2, 0.25) is 0 Å². The number of carboxylic acids is 1. The number of anilines is 2. The molecule has 33 heteroatoms. The number of hydrogen-bond acceptors (Lipinski definition) is 19. The molecule has 0 radical (unpaired) electrons. The number of carboxylic acid groups (broad SMARTS) is 1. The Hall–Kier alpha value is -8.34. The van der Waals surface area contributed by atoms with Crippen molar-refractivity contribution in [1.82, 2.24) is 40.9 Å². The van der Waals surface area contributed by atoms with E-state index in [1.54, 1.807) is 71.3 Å². The minimum atomic E-state index is -1.72. The maximum atomic E-state index is 12.8. The zero-order valence-corrected chi connectivity index (χ0v) is 60.8. The number of imide groups is 4. The molecule has 5 aromatic rings. The molecule has 0 spiro atoms. The van der Waals surface area contributed by atoms with Gasteiger partial charge in [-0.25, -0.2) is 30.1 Å². The van der Waals surface area contributed by atoms with Gasteiger partial charge in [-0.3, -0.25) is 88.4 Å². The normalized spacial score (nSPS) is 19.6. The van der Waals surface area contributed by atoms with E-state index < -0.39 is 59.2 Å². The van der Waals surface area contributed by atoms with Crippen LogP contribution in [0.1, 0.15) is 141 Å². The van der Waals surface area contributed by atoms with E-state index >= 15 is 0 Å². The number of benzene rings is 5. The fraction of sp³-hybridized carbons (Fsp3) is 0.343. The Morgan fingerprint density at radius 3 is 1.10 bits per heavy atom. The number of amides is 12. The summed E-state index contributed by atoms with van der Waals surface area (Å²) in [6.07, 6.45) is 2.41. The summed E-state index contributed by atoms with van der Waals surface area (Å²) in [6, 6.07) is 29.0. The lowest BCUT2D eigenvalue weighted by Gasteiger charge is -2.29. The summed E-state index contributed by atoms with van der Waals surface area (Å²) in [5.74, 6) is -4.01. The van der Waals surface area contributed by atoms with Gasteiger partial charge in [0, 0.05) is 112 Å². The second kappa shape index (κ2) is 34.8. The monoisotopic (exact) mass is 1540 g/mol. The van der Waals surface area contributed by atoms with Gasteiger partial charge in [0.1, 0.15) is 35.1 Å². The van der Waals surface area contributed by atoms with Crippen LogP contribution in [-0.2, 0) is 84.6 Å². The Morgan fingerprint density at radius 2 is 0.810 bits per heavy atom. The highest BCUT2D eigenvalue weighted by Crippen LogP contribution is 2.38. The molecule has 5 aromatic carbocycles. The fourth-order valence-electron chi connectivity index (χ4n) is 11.8. The van der Waals surface area contributed by atoms with Crippen LogP contribution in [-0.4, -0.2) is 160 Å². The molecule has 0 aliphatic carbocycles. The molecule has 0 aromatic heterocycles. The summed E-state index contributed by atoms with van der Waals surface area (Å²) >= 11 is 4.12. The Kier molecular flexibility index (Phi) is 27.0. The number of carbonyl (C=O) groups is 14. The van der Waals surface area contributed by atoms with Gasteiger partial charge in [0.05, 0.1) is 5.75 Å². The smallest absolute Gasteiger partial charge is 0.481 e. The summed E-state index contributed by atoms with van der Waals surface area (Å²) in [5, 5.41) is 18.2. The Labute approximate surface area is 608 Å². The van der Waals surface area contributed by atoms with Crippen molar-refractivity contribution in [3.05, 3.63) is 153 Å². The first-order chi connectivity index (χ1) is 47.4. The van der Waals surface area contributed by atoms with Crippen LogP contribution < -0.4 is 32.7 Å². The molecule has 9 N–H and O–H groups in total. The number of halogens is 4. The number of alkyl halides is 1. The van der Waals surface area contributed by atoms with Gasteiger partial charge >= 0.3 is 23.3 Å². The maximum Gasteiger partial charge on any atom is 0.643 e. The predicted molar refractivity (Wildman–Crippen MR) is 376 cm³/mol. The number of nitrogens with zero attached hydrogens (tertiary/aromatic N) is 4. The van der Waals surface area contributed by atoms with Gasteiger partial charge in [-0.1, -0.05) is 70.5 Å². The highest BCUT2D eigenvalue weighted by Gasteiger charge is 2.44. The highest BCUT2D eigenvalue weighted by molar-refractivity contribution is 9.09. The molecule has 100 heavy (non-hydrogen) atoms. The van der Waals surface area contributed by atoms with Crippen molar-refractivity contribution in [2.45, 2.75) is 144 Å². The molecule has 4 saturated heterocycles. The first-order valence-electron chi connectivity index (χ1n) is 31.2. The van der Waals surface area contributed by atoms with E-state index in [1.165, 1.54) is 20.3 Å². The SMILES string of the molecule is CC(C)(C)OC(=O)CBr.Nc1cccc2c1CN(C1CCC(=O)NC1=O)C2=O.Nc1cccc2c1CN(C1CCC(=O)NC1=O)C2=O.O=C(O)CSc1cccc2c1CN(C1CCC(=O)NC1=O)C2=O.O=C1CCC(N2Cc3c(SCc4ccccc4)cccc3C2=O)C(=O)N1.[Cl][Al]([Cl])[Cl]. The van der Waals surface area contributed by atoms with Crippen molar-refractivity contribution in [3.8, 4) is 0 Å². The molecular weight excluding hydrogens is 1480 g/mol. The van der Waals surface area contributed by atoms with Crippen molar-refractivity contribution in [2.75, 3.05) is 22.6 Å². The number of hydrogen-bond donors (Lipinski definition) is 7. The summed E-state index contributed by atoms with van der Waals surface area (Å²) in [7, 11) is 14.8. The van der Waals surface area contributed by atoms with Gasteiger partial charge in [-0.2, -0.15) is 0 Å². The number of thioether (sulfide) groups is 2. The molecule has 8 heterocycles. The molecule has 4 atom stereocenters. The van der Waals surface area contributed by atoms with E-state index in [1.807, 2.05) is 57.2 Å². The van der Waals surface area contributed by atoms with E-state index in [0.717, 1.165) is 49.6 Å². The van der Waals surface area contributed by atoms with Gasteiger partial charge in [-0.15, -0.1) is 23.5 Å². The lowest BCUT2D eigenvalue weighted by molar-refractivity contribution is -0.151. The Balaban J connectivity index is 0.000000161. The van der Waals surface area contributed by atoms with Gasteiger partial charge in [0.2, 0.25) is 47.3 Å². The molecule has 26 nitrogen and oxygen atoms in total. The van der Waals surface area contributed by atoms with Gasteiger partial charge in [-0.05, 0) is 112 Å². The van der Waals surface area contributed by atoms with Crippen LogP contribution in [0.15, 0.2) is 113 Å². The zero-order chi connectivity index (χ0) is 72.9. The molecule has 526 valence electrons. The Bertz CT molecular complexity index is 3990. The van der Waals surface area contributed by atoms with Crippen molar-refractivity contribution < 1.29 is 77.0 Å². The number of nitrogens with one attached hydrogen (secondary N) is 4. The van der Waals surface area contributed by atoms with Crippen LogP contribution in [0, 0.1) is 0 Å². The molecule has 13 rings (SSSR count). The third-order valence-corrected chi connectivity index (χ3v) is 19.1. The number of esters is 1. The minimum absolute atomic E-state index is 0.0942. The first kappa shape index (κ1) is 77.4. The number of fused-ring (bicyclic) bond motifs is 4. The summed E-state index contributed by atoms with van der Waals surface area (Å²) in [6.45, 7) is 6.84. The molecule has 12 amide bonds. The van der Waals surface area contributed by atoms with E-state index in [0.29, 0.717) is 78.9 Å². The highest BCUT2D eigenvalue weighted by atomic mass is 79.9. The summed E-state index contributed by atoms with van der Waals surface area (Å²) in [5.41, 5.74) is 19.2. The van der Waals surface area contributed by atoms with E-state index in [-0.39, 0.29) is 108 Å². The summed E-state index contributed by atoms with van der Waals surface area (Å²) in [4.78, 5) is 172. The van der Waals surface area contributed by atoms with Crippen LogP contribution in [0.4, 0.5) is 11.4 Å². The fourth-order valence-corrected chi connectivity index (χ4v) is 13.8. The first-order valence-corrected chi connectivity index (χ1v) is 39.6. The van der Waals surface area contributed by atoms with E-state index in [2.05, 4.69) is 49.3 Å². The second-order valence-electron chi connectivity index (χ2n) is 24.3.